The Kier molecular flexibility index (Phi) is 3.79. The van der Waals surface area contributed by atoms with Crippen LogP contribution in [0.3, 0.4) is 0 Å². The Morgan fingerprint density at radius 1 is 1.35 bits per heavy atom. The molecule has 0 saturated carbocycles. The first-order chi connectivity index (χ1) is 8.42. The van der Waals surface area contributed by atoms with Crippen LogP contribution >= 0.6 is 11.3 Å². The van der Waals surface area contributed by atoms with E-state index in [1.807, 2.05) is 11.3 Å². The lowest BCUT2D eigenvalue weighted by atomic mass is 10.0. The molecule has 3 heteroatoms. The Labute approximate surface area is 107 Å². The van der Waals surface area contributed by atoms with E-state index in [9.17, 15) is 0 Å². The van der Waals surface area contributed by atoms with E-state index in [-0.39, 0.29) is 0 Å². The smallest absolute Gasteiger partial charge is 0.0506 e. The van der Waals surface area contributed by atoms with Crippen molar-refractivity contribution in [3.8, 4) is 0 Å². The molecule has 94 valence electrons. The molecule has 1 saturated heterocycles. The molecule has 0 spiro atoms. The van der Waals surface area contributed by atoms with E-state index in [1.54, 1.807) is 10.4 Å². The molecule has 1 fully saturated rings. The quantitative estimate of drug-likeness (QED) is 0.888. The molecule has 17 heavy (non-hydrogen) atoms. The van der Waals surface area contributed by atoms with E-state index in [0.29, 0.717) is 0 Å². The summed E-state index contributed by atoms with van der Waals surface area (Å²) in [5.41, 5.74) is 1.62. The molecular weight excluding hydrogens is 230 g/mol. The minimum atomic E-state index is 0.732. The summed E-state index contributed by atoms with van der Waals surface area (Å²) in [7, 11) is 0. The number of aryl methyl sites for hydroxylation is 2. The second kappa shape index (κ2) is 5.51. The number of hydrogen-bond donors (Lipinski definition) is 1. The van der Waals surface area contributed by atoms with Gasteiger partial charge >= 0.3 is 0 Å². The van der Waals surface area contributed by atoms with Crippen LogP contribution in [-0.2, 0) is 24.1 Å². The molecule has 1 aromatic heterocycles. The zero-order chi connectivity index (χ0) is 11.5. The van der Waals surface area contributed by atoms with Crippen molar-refractivity contribution in [3.63, 3.8) is 0 Å². The van der Waals surface area contributed by atoms with Gasteiger partial charge in [-0.15, -0.1) is 11.3 Å². The third-order valence-corrected chi connectivity index (χ3v) is 5.02. The van der Waals surface area contributed by atoms with Crippen molar-refractivity contribution in [3.05, 3.63) is 21.4 Å². The largest absolute Gasteiger partial charge is 0.381 e. The minimum Gasteiger partial charge on any atom is -0.381 e. The Morgan fingerprint density at radius 2 is 2.35 bits per heavy atom. The van der Waals surface area contributed by atoms with Gasteiger partial charge in [0.05, 0.1) is 6.61 Å². The first kappa shape index (κ1) is 11.7. The lowest BCUT2D eigenvalue weighted by Crippen LogP contribution is -2.28. The van der Waals surface area contributed by atoms with E-state index in [1.165, 1.54) is 37.0 Å². The molecule has 1 N–H and O–H groups in total. The summed E-state index contributed by atoms with van der Waals surface area (Å²) in [5.74, 6) is 0.732. The summed E-state index contributed by atoms with van der Waals surface area (Å²) in [4.78, 5) is 3.16. The molecule has 0 aromatic carbocycles. The second-order valence-corrected chi connectivity index (χ2v) is 6.45. The van der Waals surface area contributed by atoms with Gasteiger partial charge in [0.25, 0.3) is 0 Å². The lowest BCUT2D eigenvalue weighted by Gasteiger charge is -2.22. The van der Waals surface area contributed by atoms with Crippen molar-refractivity contribution < 1.29 is 4.74 Å². The highest BCUT2D eigenvalue weighted by Gasteiger charge is 2.16. The highest BCUT2D eigenvalue weighted by molar-refractivity contribution is 7.12. The van der Waals surface area contributed by atoms with Gasteiger partial charge in [0.2, 0.25) is 0 Å². The summed E-state index contributed by atoms with van der Waals surface area (Å²) in [6.45, 7) is 4.08. The molecule has 0 bridgehead atoms. The topological polar surface area (TPSA) is 21.3 Å². The number of rotatable bonds is 4. The summed E-state index contributed by atoms with van der Waals surface area (Å²) < 4.78 is 5.50. The maximum atomic E-state index is 5.50. The van der Waals surface area contributed by atoms with Crippen molar-refractivity contribution in [1.29, 1.82) is 0 Å². The Balaban J connectivity index is 1.44. The number of thiophene rings is 1. The maximum Gasteiger partial charge on any atom is 0.0506 e. The first-order valence-electron chi connectivity index (χ1n) is 6.81. The van der Waals surface area contributed by atoms with Crippen molar-refractivity contribution in [1.82, 2.24) is 5.32 Å². The number of hydrogen-bond acceptors (Lipinski definition) is 3. The highest BCUT2D eigenvalue weighted by atomic mass is 32.1. The predicted octanol–water partition coefficient (Wildman–Crippen LogP) is 2.75. The molecule has 2 heterocycles. The first-order valence-corrected chi connectivity index (χ1v) is 7.62. The molecule has 1 aromatic rings. The normalized spacial score (nSPS) is 23.9. The average molecular weight is 251 g/mol. The van der Waals surface area contributed by atoms with E-state index < -0.39 is 0 Å². The molecule has 1 atom stereocenters. The number of ether oxygens (including phenoxy) is 1. The van der Waals surface area contributed by atoms with E-state index >= 15 is 0 Å². The van der Waals surface area contributed by atoms with Crippen LogP contribution in [0.1, 0.15) is 34.6 Å². The van der Waals surface area contributed by atoms with Crippen molar-refractivity contribution >= 4 is 11.3 Å². The average Bonchev–Trinajstić information content (AvgIpc) is 2.91. The molecule has 1 aliphatic carbocycles. The second-order valence-electron chi connectivity index (χ2n) is 5.23. The van der Waals surface area contributed by atoms with E-state index in [4.69, 9.17) is 4.74 Å². The van der Waals surface area contributed by atoms with Gasteiger partial charge in [-0.25, -0.2) is 0 Å². The van der Waals surface area contributed by atoms with Crippen LogP contribution in [0.25, 0.3) is 0 Å². The lowest BCUT2D eigenvalue weighted by molar-refractivity contribution is 0.0548. The Bertz CT molecular complexity index is 347. The Morgan fingerprint density at radius 3 is 3.18 bits per heavy atom. The fourth-order valence-corrected chi connectivity index (χ4v) is 4.08. The monoisotopic (exact) mass is 251 g/mol. The minimum absolute atomic E-state index is 0.732. The molecule has 3 rings (SSSR count). The summed E-state index contributed by atoms with van der Waals surface area (Å²) in [5, 5.41) is 3.59. The van der Waals surface area contributed by atoms with Gasteiger partial charge in [-0.05, 0) is 49.7 Å². The van der Waals surface area contributed by atoms with Crippen LogP contribution in [-0.4, -0.2) is 19.8 Å². The summed E-state index contributed by atoms with van der Waals surface area (Å²) in [6.07, 6.45) is 6.56. The van der Waals surface area contributed by atoms with Gasteiger partial charge in [-0.1, -0.05) is 0 Å². The molecular formula is C14H21NOS. The van der Waals surface area contributed by atoms with Gasteiger partial charge in [-0.2, -0.15) is 0 Å². The fraction of sp³-hybridized carbons (Fsp3) is 0.714. The SMILES string of the molecule is c1c(CNCC2CCCOC2)sc2c1CCC2. The van der Waals surface area contributed by atoms with Crippen molar-refractivity contribution in [2.75, 3.05) is 19.8 Å². The number of nitrogens with one attached hydrogen (secondary N) is 1. The molecule has 2 aliphatic rings. The van der Waals surface area contributed by atoms with Crippen LogP contribution in [0.4, 0.5) is 0 Å². The van der Waals surface area contributed by atoms with Gasteiger partial charge < -0.3 is 10.1 Å². The fourth-order valence-electron chi connectivity index (χ4n) is 2.85. The van der Waals surface area contributed by atoms with Crippen molar-refractivity contribution in [2.45, 2.75) is 38.6 Å². The van der Waals surface area contributed by atoms with Crippen LogP contribution in [0.15, 0.2) is 6.07 Å². The summed E-state index contributed by atoms with van der Waals surface area (Å²) >= 11 is 2.01. The van der Waals surface area contributed by atoms with Crippen LogP contribution in [0, 0.1) is 5.92 Å². The van der Waals surface area contributed by atoms with Crippen LogP contribution in [0.2, 0.25) is 0 Å². The highest BCUT2D eigenvalue weighted by Crippen LogP contribution is 2.30. The van der Waals surface area contributed by atoms with Gasteiger partial charge in [0, 0.05) is 29.5 Å². The number of fused-ring (bicyclic) bond motifs is 1. The Hall–Kier alpha value is -0.380. The molecule has 0 amide bonds. The van der Waals surface area contributed by atoms with Gasteiger partial charge in [0.1, 0.15) is 0 Å². The third-order valence-electron chi connectivity index (χ3n) is 3.78. The van der Waals surface area contributed by atoms with Crippen LogP contribution < -0.4 is 5.32 Å². The maximum absolute atomic E-state index is 5.50. The van der Waals surface area contributed by atoms with Gasteiger partial charge in [0.15, 0.2) is 0 Å². The standard InChI is InChI=1S/C14H21NOS/c1-4-12-7-13(17-14(12)5-1)9-15-8-11-3-2-6-16-10-11/h7,11,15H,1-6,8-10H2. The van der Waals surface area contributed by atoms with Gasteiger partial charge in [-0.3, -0.25) is 0 Å². The van der Waals surface area contributed by atoms with E-state index in [2.05, 4.69) is 11.4 Å². The van der Waals surface area contributed by atoms with Crippen LogP contribution in [0.5, 0.6) is 0 Å². The molecule has 0 radical (unpaired) electrons. The molecule has 1 unspecified atom stereocenters. The molecule has 1 aliphatic heterocycles. The van der Waals surface area contributed by atoms with Crippen molar-refractivity contribution in [2.24, 2.45) is 5.92 Å². The molecule has 2 nitrogen and oxygen atoms in total. The predicted molar refractivity (Wildman–Crippen MR) is 71.6 cm³/mol. The summed E-state index contributed by atoms with van der Waals surface area (Å²) in [6, 6.07) is 2.41. The zero-order valence-electron chi connectivity index (χ0n) is 10.3. The third kappa shape index (κ3) is 2.90. The van der Waals surface area contributed by atoms with E-state index in [0.717, 1.165) is 32.2 Å². The zero-order valence-corrected chi connectivity index (χ0v) is 11.2.